The number of alkyl halides is 3. The molecule has 17 heteroatoms. The fourth-order valence-corrected chi connectivity index (χ4v) is 6.03. The Kier molecular flexibility index (Phi) is 14.0. The SMILES string of the molecule is CC[C@H]1O[C@@H](n2cc(/C=C/C(=O)NCCNC(=O)C(F)(F)F)c(=O)[nH]c2=O)CC1OP(OCCC#N)N(C(C)C)C(C)C. The molecule has 1 aliphatic rings. The van der Waals surface area contributed by atoms with Crippen LogP contribution in [0.25, 0.3) is 6.08 Å². The zero-order valence-electron chi connectivity index (χ0n) is 24.6. The van der Waals surface area contributed by atoms with Crippen LogP contribution in [0.3, 0.4) is 0 Å². The highest BCUT2D eigenvalue weighted by atomic mass is 31.2. The van der Waals surface area contributed by atoms with Gasteiger partial charge in [-0.25, -0.2) is 9.46 Å². The van der Waals surface area contributed by atoms with Gasteiger partial charge in [-0.05, 0) is 40.2 Å². The summed E-state index contributed by atoms with van der Waals surface area (Å²) in [5.41, 5.74) is -1.54. The predicted octanol–water partition coefficient (Wildman–Crippen LogP) is 2.70. The Bertz CT molecular complexity index is 1270. The number of H-pyrrole nitrogens is 1. The van der Waals surface area contributed by atoms with Crippen LogP contribution in [0.5, 0.6) is 0 Å². The van der Waals surface area contributed by atoms with Crippen molar-refractivity contribution in [3.63, 3.8) is 0 Å². The summed E-state index contributed by atoms with van der Waals surface area (Å²) in [4.78, 5) is 50.2. The Hall–Kier alpha value is -3.09. The first-order chi connectivity index (χ1) is 20.2. The third-order valence-electron chi connectivity index (χ3n) is 6.16. The Morgan fingerprint density at radius 1 is 1.26 bits per heavy atom. The van der Waals surface area contributed by atoms with Gasteiger partial charge in [-0.1, -0.05) is 6.92 Å². The summed E-state index contributed by atoms with van der Waals surface area (Å²) in [6.45, 7) is 9.40. The van der Waals surface area contributed by atoms with E-state index in [1.807, 2.05) is 34.6 Å². The van der Waals surface area contributed by atoms with Crippen LogP contribution in [0.2, 0.25) is 0 Å². The molecule has 1 fully saturated rings. The van der Waals surface area contributed by atoms with Crippen molar-refractivity contribution in [3.05, 3.63) is 38.7 Å². The van der Waals surface area contributed by atoms with Crippen molar-refractivity contribution in [1.29, 1.82) is 5.26 Å². The molecule has 2 unspecified atom stereocenters. The fraction of sp³-hybridized carbons (Fsp3) is 0.654. The lowest BCUT2D eigenvalue weighted by atomic mass is 10.1. The number of hydrogen-bond acceptors (Lipinski definition) is 9. The van der Waals surface area contributed by atoms with Crippen LogP contribution >= 0.6 is 8.53 Å². The number of ether oxygens (including phenoxy) is 1. The molecule has 0 saturated carbocycles. The smallest absolute Gasteiger partial charge is 0.352 e. The second-order valence-electron chi connectivity index (χ2n) is 10.1. The van der Waals surface area contributed by atoms with Gasteiger partial charge in [0.05, 0.1) is 36.9 Å². The van der Waals surface area contributed by atoms with E-state index in [4.69, 9.17) is 19.0 Å². The number of nitrogens with zero attached hydrogens (tertiary/aromatic N) is 3. The van der Waals surface area contributed by atoms with Gasteiger partial charge in [0.25, 0.3) is 14.1 Å². The van der Waals surface area contributed by atoms with Crippen molar-refractivity contribution in [1.82, 2.24) is 24.9 Å². The highest BCUT2D eigenvalue weighted by Crippen LogP contribution is 2.50. The molecule has 1 aromatic rings. The van der Waals surface area contributed by atoms with E-state index >= 15 is 0 Å². The van der Waals surface area contributed by atoms with Gasteiger partial charge in [0.15, 0.2) is 0 Å². The zero-order chi connectivity index (χ0) is 32.3. The second kappa shape index (κ2) is 16.7. The number of nitriles is 1. The van der Waals surface area contributed by atoms with Crippen molar-refractivity contribution < 1.29 is 36.5 Å². The average molecular weight is 635 g/mol. The maximum absolute atomic E-state index is 12.7. The van der Waals surface area contributed by atoms with E-state index in [-0.39, 0.29) is 43.6 Å². The topological polar surface area (TPSA) is 168 Å². The maximum Gasteiger partial charge on any atom is 0.471 e. The van der Waals surface area contributed by atoms with Gasteiger partial charge in [0, 0.05) is 43.9 Å². The number of halogens is 3. The first-order valence-electron chi connectivity index (χ1n) is 13.8. The number of hydrogen-bond donors (Lipinski definition) is 3. The molecule has 4 atom stereocenters. The summed E-state index contributed by atoms with van der Waals surface area (Å²) < 4.78 is 58.5. The lowest BCUT2D eigenvalue weighted by Gasteiger charge is -2.37. The first-order valence-corrected chi connectivity index (χ1v) is 14.9. The molecule has 0 aliphatic carbocycles. The molecule has 0 radical (unpaired) electrons. The Balaban J connectivity index is 2.16. The van der Waals surface area contributed by atoms with Crippen LogP contribution in [0.4, 0.5) is 13.2 Å². The number of nitrogens with one attached hydrogen (secondary N) is 3. The molecule has 13 nitrogen and oxygen atoms in total. The number of carbonyl (C=O) groups is 2. The van der Waals surface area contributed by atoms with Crippen molar-refractivity contribution in [2.45, 2.75) is 90.6 Å². The van der Waals surface area contributed by atoms with E-state index in [0.29, 0.717) is 6.42 Å². The van der Waals surface area contributed by atoms with Gasteiger partial charge in [-0.3, -0.25) is 23.9 Å². The van der Waals surface area contributed by atoms with Gasteiger partial charge in [0.2, 0.25) is 5.91 Å². The lowest BCUT2D eigenvalue weighted by Crippen LogP contribution is -2.40. The quantitative estimate of drug-likeness (QED) is 0.149. The van der Waals surface area contributed by atoms with Crippen LogP contribution < -0.4 is 21.9 Å². The summed E-state index contributed by atoms with van der Waals surface area (Å²) >= 11 is 0. The number of aromatic nitrogens is 2. The third-order valence-corrected chi connectivity index (χ3v) is 8.31. The molecular weight excluding hydrogens is 596 g/mol. The highest BCUT2D eigenvalue weighted by molar-refractivity contribution is 7.44. The third kappa shape index (κ3) is 10.8. The Labute approximate surface area is 248 Å². The molecular formula is C26H38F3N6O7P. The number of carbonyl (C=O) groups excluding carboxylic acids is 2. The molecule has 2 amide bonds. The number of amides is 2. The number of rotatable bonds is 15. The summed E-state index contributed by atoms with van der Waals surface area (Å²) in [6, 6.07) is 2.22. The molecule has 1 aromatic heterocycles. The molecule has 1 saturated heterocycles. The molecule has 0 spiro atoms. The Morgan fingerprint density at radius 3 is 2.49 bits per heavy atom. The van der Waals surface area contributed by atoms with Crippen molar-refractivity contribution in [2.24, 2.45) is 0 Å². The largest absolute Gasteiger partial charge is 0.471 e. The van der Waals surface area contributed by atoms with E-state index in [0.717, 1.165) is 12.2 Å². The molecule has 2 heterocycles. The van der Waals surface area contributed by atoms with Gasteiger partial charge in [-0.2, -0.15) is 18.4 Å². The van der Waals surface area contributed by atoms with Crippen LogP contribution in [0.1, 0.15) is 65.7 Å². The summed E-state index contributed by atoms with van der Waals surface area (Å²) in [7, 11) is -1.57. The summed E-state index contributed by atoms with van der Waals surface area (Å²) in [5, 5.41) is 12.9. The van der Waals surface area contributed by atoms with Crippen molar-refractivity contribution >= 4 is 26.4 Å². The maximum atomic E-state index is 12.7. The molecule has 3 N–H and O–H groups in total. The minimum atomic E-state index is -5.03. The predicted molar refractivity (Wildman–Crippen MR) is 151 cm³/mol. The molecule has 1 aliphatic heterocycles. The van der Waals surface area contributed by atoms with Gasteiger partial charge in [0.1, 0.15) is 6.23 Å². The van der Waals surface area contributed by atoms with Crippen LogP contribution in [-0.4, -0.2) is 76.2 Å². The fourth-order valence-electron chi connectivity index (χ4n) is 4.27. The average Bonchev–Trinajstić information content (AvgIpc) is 3.32. The number of aromatic amines is 1. The van der Waals surface area contributed by atoms with Crippen molar-refractivity contribution in [3.8, 4) is 6.07 Å². The van der Waals surface area contributed by atoms with E-state index in [1.165, 1.54) is 10.8 Å². The van der Waals surface area contributed by atoms with Gasteiger partial charge in [-0.15, -0.1) is 0 Å². The molecule has 0 aromatic carbocycles. The Morgan fingerprint density at radius 2 is 1.91 bits per heavy atom. The standard InChI is InChI=1S/C26H38F3N6O7P/c1-6-19-20(42-43(40-13-7-10-30)35(16(2)3)17(4)5)14-22(41-19)34-15-18(23(37)33-25(34)39)8-9-21(36)31-11-12-32-24(38)26(27,28)29/h8-9,15-17,19-20,22H,6-7,11-14H2,1-5H3,(H,31,36)(H,32,38)(H,33,37,39)/b9-8+/t19-,20?,22-,43?/m1/s1. The molecule has 2 rings (SSSR count). The van der Waals surface area contributed by atoms with Crippen LogP contribution in [-0.2, 0) is 23.4 Å². The van der Waals surface area contributed by atoms with E-state index in [2.05, 4.69) is 21.0 Å². The molecule has 240 valence electrons. The van der Waals surface area contributed by atoms with E-state index in [9.17, 15) is 32.3 Å². The minimum absolute atomic E-state index is 0.0472. The van der Waals surface area contributed by atoms with Crippen LogP contribution in [0, 0.1) is 11.3 Å². The molecule has 0 bridgehead atoms. The van der Waals surface area contributed by atoms with Gasteiger partial charge >= 0.3 is 17.8 Å². The second-order valence-corrected chi connectivity index (χ2v) is 11.5. The zero-order valence-corrected chi connectivity index (χ0v) is 25.5. The summed E-state index contributed by atoms with van der Waals surface area (Å²) in [5.74, 6) is -2.86. The highest BCUT2D eigenvalue weighted by Gasteiger charge is 2.41. The normalized spacial score (nSPS) is 19.7. The van der Waals surface area contributed by atoms with Crippen molar-refractivity contribution in [2.75, 3.05) is 19.7 Å². The van der Waals surface area contributed by atoms with Gasteiger partial charge < -0.3 is 24.4 Å². The monoisotopic (exact) mass is 634 g/mol. The lowest BCUT2D eigenvalue weighted by molar-refractivity contribution is -0.173. The van der Waals surface area contributed by atoms with E-state index in [1.54, 1.807) is 5.32 Å². The minimum Gasteiger partial charge on any atom is -0.352 e. The van der Waals surface area contributed by atoms with E-state index < -0.39 is 62.7 Å². The van der Waals surface area contributed by atoms with Crippen LogP contribution in [0.15, 0.2) is 21.9 Å². The molecule has 43 heavy (non-hydrogen) atoms. The first kappa shape index (κ1) is 36.1. The summed E-state index contributed by atoms with van der Waals surface area (Å²) in [6.07, 6.45) is -2.34.